The third kappa shape index (κ3) is 20.6. The third-order valence-corrected chi connectivity index (χ3v) is 8.74. The molecule has 42 heavy (non-hydrogen) atoms. The lowest BCUT2D eigenvalue weighted by Crippen LogP contribution is -2.59. The average Bonchev–Trinajstić information content (AvgIpc) is 2.97. The first-order valence-corrected chi connectivity index (χ1v) is 17.6. The van der Waals surface area contributed by atoms with Gasteiger partial charge in [0, 0.05) is 0 Å². The molecule has 8 heteroatoms. The third-order valence-electron chi connectivity index (χ3n) is 8.74. The zero-order chi connectivity index (χ0) is 30.8. The summed E-state index contributed by atoms with van der Waals surface area (Å²) in [4.78, 5) is 0. The highest BCUT2D eigenvalue weighted by Crippen LogP contribution is 2.22. The zero-order valence-electron chi connectivity index (χ0n) is 26.9. The van der Waals surface area contributed by atoms with Crippen molar-refractivity contribution in [2.24, 2.45) is 0 Å². The predicted octanol–water partition coefficient (Wildman–Crippen LogP) is 5.91. The van der Waals surface area contributed by atoms with Crippen LogP contribution < -0.4 is 0 Å². The highest BCUT2D eigenvalue weighted by molar-refractivity contribution is 4.88. The Bertz CT molecular complexity index is 576. The van der Waals surface area contributed by atoms with E-state index in [1.807, 2.05) is 6.92 Å². The molecular weight excluding hydrogens is 536 g/mol. The Balaban J connectivity index is 1.78. The fourth-order valence-corrected chi connectivity index (χ4v) is 5.85. The van der Waals surface area contributed by atoms with E-state index in [0.717, 1.165) is 19.3 Å². The summed E-state index contributed by atoms with van der Waals surface area (Å²) in [5.41, 5.74) is 0. The van der Waals surface area contributed by atoms with Gasteiger partial charge in [0.25, 0.3) is 0 Å². The molecule has 0 spiro atoms. The Morgan fingerprint density at radius 1 is 0.524 bits per heavy atom. The van der Waals surface area contributed by atoms with Gasteiger partial charge in [0.1, 0.15) is 24.4 Å². The molecule has 0 radical (unpaired) electrons. The molecule has 1 aliphatic rings. The summed E-state index contributed by atoms with van der Waals surface area (Å²) in [5.74, 6) is 0. The maximum atomic E-state index is 10.2. The number of rotatable bonds is 29. The van der Waals surface area contributed by atoms with Crippen molar-refractivity contribution in [2.75, 3.05) is 13.2 Å². The number of aliphatic hydroxyl groups is 6. The van der Waals surface area contributed by atoms with Crippen molar-refractivity contribution in [1.82, 2.24) is 0 Å². The summed E-state index contributed by atoms with van der Waals surface area (Å²) in [5, 5.41) is 58.3. The molecule has 1 saturated heterocycles. The van der Waals surface area contributed by atoms with Gasteiger partial charge in [-0.05, 0) is 26.2 Å². The first kappa shape index (κ1) is 39.7. The summed E-state index contributed by atoms with van der Waals surface area (Å²) < 4.78 is 10.8. The molecule has 0 aromatic carbocycles. The molecule has 0 saturated carbocycles. The summed E-state index contributed by atoms with van der Waals surface area (Å²) in [6.45, 7) is 1.56. The molecule has 0 aromatic heterocycles. The van der Waals surface area contributed by atoms with Crippen LogP contribution in [-0.2, 0) is 9.47 Å². The van der Waals surface area contributed by atoms with Gasteiger partial charge in [-0.2, -0.15) is 0 Å². The first-order chi connectivity index (χ1) is 20.4. The van der Waals surface area contributed by atoms with E-state index in [1.54, 1.807) is 0 Å². The molecule has 1 aliphatic heterocycles. The fourth-order valence-electron chi connectivity index (χ4n) is 5.85. The number of aliphatic hydroxyl groups excluding tert-OH is 6. The minimum atomic E-state index is -1.44. The summed E-state index contributed by atoms with van der Waals surface area (Å²) in [6.07, 6.45) is 22.7. The van der Waals surface area contributed by atoms with Gasteiger partial charge >= 0.3 is 0 Å². The number of unbranched alkanes of at least 4 members (excludes halogenated alkanes) is 20. The van der Waals surface area contributed by atoms with Crippen LogP contribution in [0.25, 0.3) is 0 Å². The van der Waals surface area contributed by atoms with E-state index in [1.165, 1.54) is 122 Å². The molecule has 1 fully saturated rings. The van der Waals surface area contributed by atoms with E-state index in [2.05, 4.69) is 0 Å². The summed E-state index contributed by atoms with van der Waals surface area (Å²) >= 11 is 0. The molecule has 0 bridgehead atoms. The van der Waals surface area contributed by atoms with Crippen LogP contribution in [0.4, 0.5) is 0 Å². The van der Waals surface area contributed by atoms with Crippen molar-refractivity contribution in [3.63, 3.8) is 0 Å². The molecule has 6 N–H and O–H groups in total. The van der Waals surface area contributed by atoms with E-state index in [0.29, 0.717) is 12.8 Å². The second-order valence-electron chi connectivity index (χ2n) is 12.9. The van der Waals surface area contributed by atoms with Crippen LogP contribution in [0.15, 0.2) is 0 Å². The molecule has 0 aliphatic carbocycles. The Morgan fingerprint density at radius 3 is 1.29 bits per heavy atom. The van der Waals surface area contributed by atoms with E-state index in [-0.39, 0.29) is 12.7 Å². The van der Waals surface area contributed by atoms with Crippen LogP contribution in [0.1, 0.15) is 161 Å². The zero-order valence-corrected chi connectivity index (χ0v) is 26.9. The van der Waals surface area contributed by atoms with Gasteiger partial charge in [0.2, 0.25) is 0 Å². The highest BCUT2D eigenvalue weighted by Gasteiger charge is 2.43. The van der Waals surface area contributed by atoms with Crippen molar-refractivity contribution in [1.29, 1.82) is 0 Å². The minimum absolute atomic E-state index is 0.131. The Labute approximate surface area is 257 Å². The van der Waals surface area contributed by atoms with Crippen LogP contribution in [0.5, 0.6) is 0 Å². The van der Waals surface area contributed by atoms with E-state index in [4.69, 9.17) is 9.47 Å². The van der Waals surface area contributed by atoms with Gasteiger partial charge in [-0.3, -0.25) is 0 Å². The molecule has 7 atom stereocenters. The van der Waals surface area contributed by atoms with Gasteiger partial charge in [-0.15, -0.1) is 0 Å². The Morgan fingerprint density at radius 2 is 0.905 bits per heavy atom. The second kappa shape index (κ2) is 27.0. The Hall–Kier alpha value is -0.320. The topological polar surface area (TPSA) is 140 Å². The lowest BCUT2D eigenvalue weighted by Gasteiger charge is -2.39. The average molecular weight is 605 g/mol. The predicted molar refractivity (Wildman–Crippen MR) is 168 cm³/mol. The van der Waals surface area contributed by atoms with Crippen LogP contribution in [0.3, 0.4) is 0 Å². The number of hydrogen-bond acceptors (Lipinski definition) is 8. The summed E-state index contributed by atoms with van der Waals surface area (Å²) in [6, 6.07) is 0. The smallest absolute Gasteiger partial charge is 0.186 e. The molecule has 0 aromatic rings. The normalized spacial score (nSPS) is 24.2. The molecule has 0 amide bonds. The maximum Gasteiger partial charge on any atom is 0.186 e. The van der Waals surface area contributed by atoms with Crippen LogP contribution >= 0.6 is 0 Å². The quantitative estimate of drug-likeness (QED) is 0.0580. The second-order valence-corrected chi connectivity index (χ2v) is 12.9. The van der Waals surface area contributed by atoms with E-state index in [9.17, 15) is 30.6 Å². The van der Waals surface area contributed by atoms with Crippen molar-refractivity contribution in [2.45, 2.75) is 204 Å². The number of ether oxygens (including phenoxy) is 2. The van der Waals surface area contributed by atoms with Gasteiger partial charge in [-0.1, -0.05) is 135 Å². The van der Waals surface area contributed by atoms with Gasteiger partial charge in [-0.25, -0.2) is 0 Å². The molecule has 252 valence electrons. The highest BCUT2D eigenvalue weighted by atomic mass is 16.7. The van der Waals surface area contributed by atoms with Gasteiger partial charge < -0.3 is 40.1 Å². The molecule has 0 unspecified atom stereocenters. The maximum absolute atomic E-state index is 10.2. The molecular formula is C34H68O8. The lowest BCUT2D eigenvalue weighted by atomic mass is 9.99. The van der Waals surface area contributed by atoms with Crippen molar-refractivity contribution >= 4 is 0 Å². The largest absolute Gasteiger partial charge is 0.394 e. The number of hydrogen-bond donors (Lipinski definition) is 6. The first-order valence-electron chi connectivity index (χ1n) is 17.6. The van der Waals surface area contributed by atoms with Crippen molar-refractivity contribution in [3.05, 3.63) is 0 Å². The molecule has 8 nitrogen and oxygen atoms in total. The lowest BCUT2D eigenvalue weighted by molar-refractivity contribution is -0.301. The van der Waals surface area contributed by atoms with Crippen LogP contribution in [-0.4, -0.2) is 86.8 Å². The van der Waals surface area contributed by atoms with Crippen LogP contribution in [0, 0.1) is 0 Å². The van der Waals surface area contributed by atoms with E-state index >= 15 is 0 Å². The van der Waals surface area contributed by atoms with Crippen molar-refractivity contribution in [3.8, 4) is 0 Å². The summed E-state index contributed by atoms with van der Waals surface area (Å²) in [7, 11) is 0. The van der Waals surface area contributed by atoms with E-state index < -0.39 is 43.4 Å². The standard InChI is InChI=1S/C34H68O8/c1-28(36)23-21-19-17-15-13-11-9-7-5-3-2-4-6-8-10-12-14-16-18-20-22-24-29(37)25-26-41-34-33(40)32(39)31(38)30(27-35)42-34/h28-40H,2-27H2,1H3/t28-,29-,30+,31+,32-,33+,34+/m0/s1. The molecule has 1 rings (SSSR count). The Kier molecular flexibility index (Phi) is 25.6. The molecule has 1 heterocycles. The van der Waals surface area contributed by atoms with Crippen LogP contribution in [0.2, 0.25) is 0 Å². The van der Waals surface area contributed by atoms with Crippen molar-refractivity contribution < 1.29 is 40.1 Å². The fraction of sp³-hybridized carbons (Fsp3) is 1.00. The van der Waals surface area contributed by atoms with Gasteiger partial charge in [0.15, 0.2) is 6.29 Å². The van der Waals surface area contributed by atoms with Gasteiger partial charge in [0.05, 0.1) is 25.4 Å². The SMILES string of the molecule is C[C@H](O)CCCCCCCCCCCCCCCCCCCCCCC[C@H](O)CCO[C@@H]1O[C@H](CO)[C@@H](O)[C@H](O)[C@H]1O. The monoisotopic (exact) mass is 604 g/mol. The minimum Gasteiger partial charge on any atom is -0.394 e.